The van der Waals surface area contributed by atoms with Crippen molar-refractivity contribution in [2.45, 2.75) is 46.3 Å². The average molecular weight is 253 g/mol. The van der Waals surface area contributed by atoms with E-state index in [2.05, 4.69) is 0 Å². The summed E-state index contributed by atoms with van der Waals surface area (Å²) in [5.41, 5.74) is 0. The number of carbonyl (C=O) groups excluding carboxylic acids is 2. The van der Waals surface area contributed by atoms with Crippen molar-refractivity contribution >= 4 is 11.7 Å². The molecule has 0 aliphatic heterocycles. The largest absolute Gasteiger partial charge is 0.406 e. The van der Waals surface area contributed by atoms with Crippen LogP contribution in [0.4, 0.5) is 13.2 Å². The number of halogens is 3. The van der Waals surface area contributed by atoms with Crippen molar-refractivity contribution in [3.8, 4) is 0 Å². The number of carbonyl (C=O) groups is 2. The number of alkyl halides is 3. The minimum atomic E-state index is -4.49. The predicted octanol–water partition coefficient (Wildman–Crippen LogP) is 2.40. The number of hydrogen-bond acceptors (Lipinski definition) is 2. The van der Waals surface area contributed by atoms with Crippen molar-refractivity contribution in [3.05, 3.63) is 0 Å². The Morgan fingerprint density at radius 2 is 1.59 bits per heavy atom. The van der Waals surface area contributed by atoms with Crippen molar-refractivity contribution in [1.29, 1.82) is 0 Å². The van der Waals surface area contributed by atoms with Gasteiger partial charge in [0.1, 0.15) is 6.54 Å². The number of Topliss-reactive ketones (excluding diaryl/α,β-unsaturated/α-hetero) is 1. The average Bonchev–Trinajstić information content (AvgIpc) is 2.10. The minimum Gasteiger partial charge on any atom is -0.325 e. The molecule has 0 N–H and O–H groups in total. The maximum atomic E-state index is 12.2. The first-order valence-corrected chi connectivity index (χ1v) is 5.45. The van der Waals surface area contributed by atoms with E-state index < -0.39 is 30.5 Å². The molecule has 3 nitrogen and oxygen atoms in total. The Balaban J connectivity index is 4.72. The molecule has 0 aromatic heterocycles. The van der Waals surface area contributed by atoms with Gasteiger partial charge in [0.15, 0.2) is 0 Å². The van der Waals surface area contributed by atoms with E-state index in [0.717, 1.165) is 0 Å². The van der Waals surface area contributed by atoms with Crippen molar-refractivity contribution < 1.29 is 22.8 Å². The lowest BCUT2D eigenvalue weighted by Crippen LogP contribution is -2.46. The van der Waals surface area contributed by atoms with Crippen molar-refractivity contribution in [2.75, 3.05) is 6.54 Å². The van der Waals surface area contributed by atoms with Crippen LogP contribution in [-0.4, -0.2) is 35.4 Å². The molecule has 6 heteroatoms. The Morgan fingerprint density at radius 1 is 1.12 bits per heavy atom. The van der Waals surface area contributed by atoms with Crippen LogP contribution in [0.1, 0.15) is 34.1 Å². The summed E-state index contributed by atoms with van der Waals surface area (Å²) >= 11 is 0. The third-order valence-corrected chi connectivity index (χ3v) is 2.07. The highest BCUT2D eigenvalue weighted by Gasteiger charge is 2.36. The van der Waals surface area contributed by atoms with E-state index in [1.165, 1.54) is 13.8 Å². The van der Waals surface area contributed by atoms with Gasteiger partial charge in [0.2, 0.25) is 5.78 Å². The number of hydrogen-bond donors (Lipinski definition) is 0. The molecule has 0 saturated carbocycles. The molecule has 0 atom stereocenters. The summed E-state index contributed by atoms with van der Waals surface area (Å²) < 4.78 is 36.7. The lowest BCUT2D eigenvalue weighted by molar-refractivity contribution is -0.167. The Labute approximate surface area is 99.0 Å². The van der Waals surface area contributed by atoms with Gasteiger partial charge in [0, 0.05) is 12.5 Å². The van der Waals surface area contributed by atoms with Crippen LogP contribution in [-0.2, 0) is 9.59 Å². The van der Waals surface area contributed by atoms with E-state index in [4.69, 9.17) is 0 Å². The molecule has 17 heavy (non-hydrogen) atoms. The SMILES string of the molecule is CC(C)CC(=O)C(=O)N(CC(F)(F)F)C(C)C. The molecule has 0 fully saturated rings. The van der Waals surface area contributed by atoms with E-state index in [1.54, 1.807) is 13.8 Å². The lowest BCUT2D eigenvalue weighted by Gasteiger charge is -2.27. The summed E-state index contributed by atoms with van der Waals surface area (Å²) in [6.07, 6.45) is -4.52. The Morgan fingerprint density at radius 3 is 1.88 bits per heavy atom. The third-order valence-electron chi connectivity index (χ3n) is 2.07. The fourth-order valence-electron chi connectivity index (χ4n) is 1.30. The maximum Gasteiger partial charge on any atom is 0.406 e. The second-order valence-corrected chi connectivity index (χ2v) is 4.66. The fraction of sp³-hybridized carbons (Fsp3) is 0.818. The van der Waals surface area contributed by atoms with Gasteiger partial charge in [0.25, 0.3) is 5.91 Å². The topological polar surface area (TPSA) is 37.4 Å². The molecular formula is C11H18F3NO2. The van der Waals surface area contributed by atoms with E-state index in [0.29, 0.717) is 4.90 Å². The van der Waals surface area contributed by atoms with Crippen LogP contribution in [0.2, 0.25) is 0 Å². The smallest absolute Gasteiger partial charge is 0.325 e. The van der Waals surface area contributed by atoms with E-state index >= 15 is 0 Å². The standard InChI is InChI=1S/C11H18F3NO2/c1-7(2)5-9(16)10(17)15(8(3)4)6-11(12,13)14/h7-8H,5-6H2,1-4H3. The van der Waals surface area contributed by atoms with Crippen LogP contribution in [0.3, 0.4) is 0 Å². The fourth-order valence-corrected chi connectivity index (χ4v) is 1.30. The highest BCUT2D eigenvalue weighted by atomic mass is 19.4. The van der Waals surface area contributed by atoms with E-state index in [1.807, 2.05) is 0 Å². The zero-order chi connectivity index (χ0) is 13.8. The number of amides is 1. The second kappa shape index (κ2) is 6.02. The van der Waals surface area contributed by atoms with Crippen LogP contribution in [0.5, 0.6) is 0 Å². The molecule has 100 valence electrons. The summed E-state index contributed by atoms with van der Waals surface area (Å²) in [5.74, 6) is -1.87. The molecule has 0 bridgehead atoms. The van der Waals surface area contributed by atoms with Gasteiger partial charge in [-0.3, -0.25) is 9.59 Å². The summed E-state index contributed by atoms with van der Waals surface area (Å²) in [6, 6.07) is -0.653. The highest BCUT2D eigenvalue weighted by molar-refractivity contribution is 6.36. The monoisotopic (exact) mass is 253 g/mol. The zero-order valence-corrected chi connectivity index (χ0v) is 10.5. The highest BCUT2D eigenvalue weighted by Crippen LogP contribution is 2.18. The van der Waals surface area contributed by atoms with Gasteiger partial charge < -0.3 is 4.90 Å². The molecular weight excluding hydrogens is 235 g/mol. The van der Waals surface area contributed by atoms with Gasteiger partial charge in [-0.05, 0) is 19.8 Å². The Kier molecular flexibility index (Phi) is 5.64. The Bertz CT molecular complexity index is 285. The lowest BCUT2D eigenvalue weighted by atomic mass is 10.1. The van der Waals surface area contributed by atoms with Gasteiger partial charge in [-0.15, -0.1) is 0 Å². The normalized spacial score (nSPS) is 12.1. The zero-order valence-electron chi connectivity index (χ0n) is 10.5. The van der Waals surface area contributed by atoms with E-state index in [9.17, 15) is 22.8 Å². The molecule has 0 aromatic rings. The molecule has 0 aromatic carbocycles. The quantitative estimate of drug-likeness (QED) is 0.705. The molecule has 0 aliphatic carbocycles. The molecule has 0 aliphatic rings. The van der Waals surface area contributed by atoms with Gasteiger partial charge in [-0.25, -0.2) is 0 Å². The first-order chi connectivity index (χ1) is 7.54. The van der Waals surface area contributed by atoms with Crippen LogP contribution in [0.15, 0.2) is 0 Å². The maximum absolute atomic E-state index is 12.2. The number of ketones is 1. The first-order valence-electron chi connectivity index (χ1n) is 5.45. The van der Waals surface area contributed by atoms with Crippen LogP contribution >= 0.6 is 0 Å². The van der Waals surface area contributed by atoms with Crippen molar-refractivity contribution in [3.63, 3.8) is 0 Å². The Hall–Kier alpha value is -1.07. The van der Waals surface area contributed by atoms with Crippen LogP contribution in [0, 0.1) is 5.92 Å². The summed E-state index contributed by atoms with van der Waals surface area (Å²) in [6.45, 7) is 4.98. The second-order valence-electron chi connectivity index (χ2n) is 4.66. The molecule has 0 spiro atoms. The van der Waals surface area contributed by atoms with Gasteiger partial charge in [-0.1, -0.05) is 13.8 Å². The first kappa shape index (κ1) is 15.9. The van der Waals surface area contributed by atoms with Crippen molar-refractivity contribution in [1.82, 2.24) is 4.90 Å². The number of nitrogens with zero attached hydrogens (tertiary/aromatic N) is 1. The number of rotatable bonds is 5. The van der Waals surface area contributed by atoms with Crippen molar-refractivity contribution in [2.24, 2.45) is 5.92 Å². The van der Waals surface area contributed by atoms with Gasteiger partial charge in [0.05, 0.1) is 0 Å². The predicted molar refractivity (Wildman–Crippen MR) is 57.4 cm³/mol. The minimum absolute atomic E-state index is 0.0279. The molecule has 0 rings (SSSR count). The summed E-state index contributed by atoms with van der Waals surface area (Å²) in [7, 11) is 0. The molecule has 0 radical (unpaired) electrons. The molecule has 0 saturated heterocycles. The van der Waals surface area contributed by atoms with E-state index in [-0.39, 0.29) is 12.3 Å². The van der Waals surface area contributed by atoms with Crippen LogP contribution < -0.4 is 0 Å². The third kappa shape index (κ3) is 6.28. The van der Waals surface area contributed by atoms with Crippen LogP contribution in [0.25, 0.3) is 0 Å². The molecule has 0 heterocycles. The van der Waals surface area contributed by atoms with Gasteiger partial charge in [-0.2, -0.15) is 13.2 Å². The summed E-state index contributed by atoms with van der Waals surface area (Å²) in [5, 5.41) is 0. The molecule has 0 unspecified atom stereocenters. The summed E-state index contributed by atoms with van der Waals surface area (Å²) in [4.78, 5) is 23.6. The van der Waals surface area contributed by atoms with Gasteiger partial charge >= 0.3 is 6.18 Å². The molecule has 1 amide bonds.